The smallest absolute Gasteiger partial charge is 0.315 e. The summed E-state index contributed by atoms with van der Waals surface area (Å²) in [6.45, 7) is 15.0. The molecule has 52 heavy (non-hydrogen) atoms. The van der Waals surface area contributed by atoms with Gasteiger partial charge in [0, 0.05) is 36.6 Å². The molecule has 1 saturated heterocycles. The van der Waals surface area contributed by atoms with E-state index in [9.17, 15) is 29.1 Å². The van der Waals surface area contributed by atoms with Crippen molar-refractivity contribution in [3.63, 3.8) is 0 Å². The Morgan fingerprint density at radius 2 is 1.67 bits per heavy atom. The number of ketones is 1. The molecule has 6 atom stereocenters. The van der Waals surface area contributed by atoms with Crippen LogP contribution in [-0.2, 0) is 25.7 Å². The number of piperidine rings is 1. The number of unbranched alkanes of at least 4 members (excludes halogenated alkanes) is 1. The lowest BCUT2D eigenvalue weighted by Crippen LogP contribution is -2.61. The average Bonchev–Trinajstić information content (AvgIpc) is 3.38. The number of carbonyl (C=O) groups is 5. The molecule has 3 fully saturated rings. The summed E-state index contributed by atoms with van der Waals surface area (Å²) in [5.41, 5.74) is -0.559. The van der Waals surface area contributed by atoms with Crippen LogP contribution in [0.15, 0.2) is 30.5 Å². The van der Waals surface area contributed by atoms with Gasteiger partial charge in [-0.25, -0.2) is 4.79 Å². The number of likely N-dealkylation sites (tertiary alicyclic amines) is 1. The van der Waals surface area contributed by atoms with Crippen LogP contribution in [0.3, 0.4) is 0 Å². The number of rotatable bonds is 14. The highest BCUT2D eigenvalue weighted by atomic mass is 16.3. The Morgan fingerprint density at radius 1 is 0.981 bits per heavy atom. The number of amides is 5. The number of fused-ring (bicyclic) bond motifs is 2. The lowest BCUT2D eigenvalue weighted by molar-refractivity contribution is -0.144. The first-order valence-corrected chi connectivity index (χ1v) is 19.4. The van der Waals surface area contributed by atoms with Gasteiger partial charge in [-0.1, -0.05) is 91.8 Å². The van der Waals surface area contributed by atoms with E-state index in [1.54, 1.807) is 16.4 Å². The molecule has 5 rings (SSSR count). The van der Waals surface area contributed by atoms with E-state index in [-0.39, 0.29) is 35.0 Å². The predicted octanol–water partition coefficient (Wildman–Crippen LogP) is 4.87. The number of hydrogen-bond acceptors (Lipinski definition) is 6. The minimum Gasteiger partial charge on any atom is -0.494 e. The second-order valence-corrected chi connectivity index (χ2v) is 16.9. The molecule has 2 heterocycles. The van der Waals surface area contributed by atoms with Gasteiger partial charge in [-0.3, -0.25) is 19.2 Å². The molecule has 1 aromatic carbocycles. The summed E-state index contributed by atoms with van der Waals surface area (Å²) < 4.78 is 1.75. The van der Waals surface area contributed by atoms with Crippen LogP contribution in [0.4, 0.5) is 4.79 Å². The van der Waals surface area contributed by atoms with Gasteiger partial charge in [0.2, 0.25) is 17.6 Å². The maximum absolute atomic E-state index is 14.7. The molecule has 1 unspecified atom stereocenters. The molecule has 5 N–H and O–H groups in total. The van der Waals surface area contributed by atoms with Crippen molar-refractivity contribution in [1.29, 1.82) is 0 Å². The lowest BCUT2D eigenvalue weighted by atomic mass is 9.83. The van der Waals surface area contributed by atoms with Crippen LogP contribution in [0.5, 0.6) is 5.88 Å². The highest BCUT2D eigenvalue weighted by molar-refractivity contribution is 6.38. The quantitative estimate of drug-likeness (QED) is 0.175. The van der Waals surface area contributed by atoms with Crippen molar-refractivity contribution in [2.24, 2.45) is 28.6 Å². The Balaban J connectivity index is 1.36. The van der Waals surface area contributed by atoms with E-state index >= 15 is 0 Å². The molecule has 1 aliphatic heterocycles. The largest absolute Gasteiger partial charge is 0.494 e. The van der Waals surface area contributed by atoms with E-state index in [0.717, 1.165) is 49.3 Å². The van der Waals surface area contributed by atoms with Crippen molar-refractivity contribution < 1.29 is 29.1 Å². The lowest BCUT2D eigenvalue weighted by Gasteiger charge is -2.38. The molecule has 0 bridgehead atoms. The van der Waals surface area contributed by atoms with Crippen LogP contribution < -0.4 is 21.3 Å². The first kappa shape index (κ1) is 39.1. The van der Waals surface area contributed by atoms with Gasteiger partial charge in [0.05, 0.1) is 12.1 Å². The Morgan fingerprint density at radius 3 is 2.31 bits per heavy atom. The third kappa shape index (κ3) is 8.26. The first-order chi connectivity index (χ1) is 24.6. The number of Topliss-reactive ketones (excluding diaryl/α,β-unsaturated/α-hetero) is 1. The summed E-state index contributed by atoms with van der Waals surface area (Å²) in [5.74, 6) is -2.07. The standard InChI is InChI=1S/C40H60N6O6/c1-8-10-20-28(33(47)35(49)41-9-2)42-34(48)32-30-27(40(30,6)7)22-46(32)37(51)31(24-16-12-11-13-17-24)44-38(52)43-29(39(3,4)5)23-45-21-25-18-14-15-19-26(25)36(45)50/h14-15,18-19,21,24,27-32,50H,8-13,16-17,20,22-23H2,1-7H3,(H,41,49)(H,42,48)(H2,43,44,52)/t27-,28?,29+,30-,31-,32-/m0/s1. The number of carbonyl (C=O) groups excluding carboxylic acids is 5. The van der Waals surface area contributed by atoms with Crippen molar-refractivity contribution in [2.45, 2.75) is 131 Å². The summed E-state index contributed by atoms with van der Waals surface area (Å²) in [6, 6.07) is 4.06. The summed E-state index contributed by atoms with van der Waals surface area (Å²) in [5, 5.41) is 24.2. The molecular weight excluding hydrogens is 660 g/mol. The van der Waals surface area contributed by atoms with E-state index in [0.29, 0.717) is 32.5 Å². The number of aromatic hydroxyl groups is 1. The van der Waals surface area contributed by atoms with Gasteiger partial charge < -0.3 is 35.8 Å². The zero-order chi connectivity index (χ0) is 38.0. The SMILES string of the molecule is CCCCC(NC(=O)[C@@H]1[C@@H]2[C@H](CN1C(=O)[C@@H](NC(=O)N[C@H](Cn1cc3ccccc3c1O)C(C)(C)C)C1CCCCC1)C2(C)C)C(=O)C(=O)NCC. The minimum absolute atomic E-state index is 0.0934. The van der Waals surface area contributed by atoms with Crippen molar-refractivity contribution in [2.75, 3.05) is 13.1 Å². The topological polar surface area (TPSA) is 162 Å². The summed E-state index contributed by atoms with van der Waals surface area (Å²) >= 11 is 0. The second kappa shape index (κ2) is 15.9. The molecule has 2 saturated carbocycles. The minimum atomic E-state index is -0.985. The summed E-state index contributed by atoms with van der Waals surface area (Å²) in [7, 11) is 0. The number of hydrogen-bond donors (Lipinski definition) is 5. The fraction of sp³-hybridized carbons (Fsp3) is 0.675. The molecule has 286 valence electrons. The zero-order valence-electron chi connectivity index (χ0n) is 32.1. The maximum atomic E-state index is 14.7. The van der Waals surface area contributed by atoms with Gasteiger partial charge in [-0.2, -0.15) is 0 Å². The van der Waals surface area contributed by atoms with E-state index in [1.807, 2.05) is 58.2 Å². The number of likely N-dealkylation sites (N-methyl/N-ethyl adjacent to an activating group) is 1. The van der Waals surface area contributed by atoms with Crippen LogP contribution >= 0.6 is 0 Å². The van der Waals surface area contributed by atoms with Crippen LogP contribution in [-0.4, -0.2) is 81.4 Å². The van der Waals surface area contributed by atoms with Crippen molar-refractivity contribution in [1.82, 2.24) is 30.7 Å². The van der Waals surface area contributed by atoms with Gasteiger partial charge in [-0.15, -0.1) is 0 Å². The molecule has 0 radical (unpaired) electrons. The molecule has 2 aromatic rings. The van der Waals surface area contributed by atoms with E-state index in [4.69, 9.17) is 0 Å². The van der Waals surface area contributed by atoms with Gasteiger partial charge in [0.1, 0.15) is 12.1 Å². The molecule has 12 nitrogen and oxygen atoms in total. The van der Waals surface area contributed by atoms with Crippen molar-refractivity contribution in [3.05, 3.63) is 30.5 Å². The number of nitrogens with one attached hydrogen (secondary N) is 4. The van der Waals surface area contributed by atoms with Crippen LogP contribution in [0.1, 0.15) is 99.8 Å². The molecule has 1 aromatic heterocycles. The molecule has 5 amide bonds. The van der Waals surface area contributed by atoms with Crippen LogP contribution in [0, 0.1) is 28.6 Å². The van der Waals surface area contributed by atoms with Crippen molar-refractivity contribution >= 4 is 40.3 Å². The monoisotopic (exact) mass is 720 g/mol. The molecule has 2 aliphatic carbocycles. The highest BCUT2D eigenvalue weighted by Gasteiger charge is 2.69. The van der Waals surface area contributed by atoms with E-state index in [2.05, 4.69) is 35.1 Å². The fourth-order valence-electron chi connectivity index (χ4n) is 8.59. The van der Waals surface area contributed by atoms with Gasteiger partial charge >= 0.3 is 6.03 Å². The van der Waals surface area contributed by atoms with E-state index in [1.165, 1.54) is 0 Å². The molecule has 12 heteroatoms. The summed E-state index contributed by atoms with van der Waals surface area (Å²) in [6.07, 6.45) is 8.18. The highest BCUT2D eigenvalue weighted by Crippen LogP contribution is 2.65. The molecular formula is C40H60N6O6. The summed E-state index contributed by atoms with van der Waals surface area (Å²) in [4.78, 5) is 70.1. The third-order valence-electron chi connectivity index (χ3n) is 12.0. The number of aromatic nitrogens is 1. The van der Waals surface area contributed by atoms with Crippen LogP contribution in [0.25, 0.3) is 10.8 Å². The first-order valence-electron chi connectivity index (χ1n) is 19.4. The Hall–Kier alpha value is -4.09. The maximum Gasteiger partial charge on any atom is 0.315 e. The van der Waals surface area contributed by atoms with Gasteiger partial charge in [0.25, 0.3) is 5.91 Å². The molecule has 0 spiro atoms. The number of benzene rings is 1. The predicted molar refractivity (Wildman–Crippen MR) is 200 cm³/mol. The molecule has 3 aliphatic rings. The normalized spacial score (nSPS) is 22.9. The number of nitrogens with zero attached hydrogens (tertiary/aromatic N) is 2. The third-order valence-corrected chi connectivity index (χ3v) is 12.0. The Bertz CT molecular complexity index is 1640. The van der Waals surface area contributed by atoms with Crippen LogP contribution in [0.2, 0.25) is 0 Å². The Kier molecular flexibility index (Phi) is 11.9. The van der Waals surface area contributed by atoms with Gasteiger partial charge in [-0.05, 0) is 60.8 Å². The number of urea groups is 1. The second-order valence-electron chi connectivity index (χ2n) is 16.9. The zero-order valence-corrected chi connectivity index (χ0v) is 32.1. The van der Waals surface area contributed by atoms with E-state index < -0.39 is 53.2 Å². The fourth-order valence-corrected chi connectivity index (χ4v) is 8.59. The Labute approximate surface area is 308 Å². The van der Waals surface area contributed by atoms with Gasteiger partial charge in [0.15, 0.2) is 5.88 Å². The van der Waals surface area contributed by atoms with Crippen molar-refractivity contribution in [3.8, 4) is 5.88 Å². The average molecular weight is 721 g/mol.